The van der Waals surface area contributed by atoms with Gasteiger partial charge in [-0.15, -0.1) is 0 Å². The first-order valence-corrected chi connectivity index (χ1v) is 7.63. The van der Waals surface area contributed by atoms with Crippen LogP contribution >= 0.6 is 0 Å². The van der Waals surface area contributed by atoms with Crippen LogP contribution in [0.1, 0.15) is 16.1 Å². The van der Waals surface area contributed by atoms with Gasteiger partial charge in [0, 0.05) is 10.9 Å². The maximum absolute atomic E-state index is 13.0. The Labute approximate surface area is 145 Å². The molecular weight excluding hydrogens is 322 g/mol. The van der Waals surface area contributed by atoms with E-state index in [1.54, 1.807) is 25.3 Å². The standard InChI is InChI=1S/C19H19NO5/c1-22-12-5-7-14-11(9-12)10-15(20-14)17(21)13-6-8-16(23-2)19(25-4)18(13)24-3/h5-10,20H,1-4H3. The quantitative estimate of drug-likeness (QED) is 0.696. The van der Waals surface area contributed by atoms with Gasteiger partial charge < -0.3 is 23.9 Å². The van der Waals surface area contributed by atoms with Gasteiger partial charge in [0.2, 0.25) is 11.5 Å². The summed E-state index contributed by atoms with van der Waals surface area (Å²) in [6, 6.07) is 10.7. The van der Waals surface area contributed by atoms with E-state index in [9.17, 15) is 4.79 Å². The van der Waals surface area contributed by atoms with Crippen LogP contribution in [0.4, 0.5) is 0 Å². The zero-order valence-electron chi connectivity index (χ0n) is 14.5. The molecule has 0 aliphatic carbocycles. The number of fused-ring (bicyclic) bond motifs is 1. The highest BCUT2D eigenvalue weighted by atomic mass is 16.5. The molecule has 6 heteroatoms. The van der Waals surface area contributed by atoms with Crippen LogP contribution in [0.25, 0.3) is 10.9 Å². The minimum Gasteiger partial charge on any atom is -0.497 e. The number of benzene rings is 2. The molecule has 0 spiro atoms. The number of rotatable bonds is 6. The summed E-state index contributed by atoms with van der Waals surface area (Å²) in [5.74, 6) is 1.75. The summed E-state index contributed by atoms with van der Waals surface area (Å²) in [5.41, 5.74) is 1.69. The van der Waals surface area contributed by atoms with Crippen LogP contribution in [-0.4, -0.2) is 39.2 Å². The monoisotopic (exact) mass is 341 g/mol. The lowest BCUT2D eigenvalue weighted by Crippen LogP contribution is -2.06. The van der Waals surface area contributed by atoms with Crippen molar-refractivity contribution in [3.8, 4) is 23.0 Å². The number of nitrogens with one attached hydrogen (secondary N) is 1. The highest BCUT2D eigenvalue weighted by Crippen LogP contribution is 2.40. The van der Waals surface area contributed by atoms with E-state index in [1.165, 1.54) is 21.3 Å². The topological polar surface area (TPSA) is 69.8 Å². The molecule has 1 N–H and O–H groups in total. The van der Waals surface area contributed by atoms with E-state index in [-0.39, 0.29) is 5.78 Å². The molecule has 0 atom stereocenters. The minimum atomic E-state index is -0.201. The van der Waals surface area contributed by atoms with Crippen LogP contribution in [0, 0.1) is 0 Å². The van der Waals surface area contributed by atoms with Gasteiger partial charge in [0.1, 0.15) is 5.75 Å². The maximum Gasteiger partial charge on any atom is 0.213 e. The molecule has 0 fully saturated rings. The largest absolute Gasteiger partial charge is 0.497 e. The molecule has 25 heavy (non-hydrogen) atoms. The molecule has 0 saturated carbocycles. The lowest BCUT2D eigenvalue weighted by atomic mass is 10.1. The first-order chi connectivity index (χ1) is 12.1. The molecule has 130 valence electrons. The molecule has 2 aromatic carbocycles. The van der Waals surface area contributed by atoms with Crippen molar-refractivity contribution >= 4 is 16.7 Å². The van der Waals surface area contributed by atoms with Crippen LogP contribution in [0.3, 0.4) is 0 Å². The predicted octanol–water partition coefficient (Wildman–Crippen LogP) is 3.43. The predicted molar refractivity (Wildman–Crippen MR) is 94.4 cm³/mol. The number of hydrogen-bond acceptors (Lipinski definition) is 5. The van der Waals surface area contributed by atoms with Crippen LogP contribution < -0.4 is 18.9 Å². The van der Waals surface area contributed by atoms with Crippen molar-refractivity contribution < 1.29 is 23.7 Å². The van der Waals surface area contributed by atoms with Gasteiger partial charge >= 0.3 is 0 Å². The van der Waals surface area contributed by atoms with Crippen LogP contribution in [0.15, 0.2) is 36.4 Å². The molecule has 1 aromatic heterocycles. The second kappa shape index (κ2) is 6.76. The van der Waals surface area contributed by atoms with Crippen LogP contribution in [-0.2, 0) is 0 Å². The number of ketones is 1. The van der Waals surface area contributed by atoms with Crippen LogP contribution in [0.2, 0.25) is 0 Å². The van der Waals surface area contributed by atoms with E-state index in [2.05, 4.69) is 4.98 Å². The molecular formula is C19H19NO5. The molecule has 0 aliphatic rings. The maximum atomic E-state index is 13.0. The summed E-state index contributed by atoms with van der Waals surface area (Å²) in [6.45, 7) is 0. The molecule has 0 unspecified atom stereocenters. The van der Waals surface area contributed by atoms with E-state index in [4.69, 9.17) is 18.9 Å². The van der Waals surface area contributed by atoms with E-state index in [0.717, 1.165) is 16.7 Å². The van der Waals surface area contributed by atoms with Gasteiger partial charge in [-0.1, -0.05) is 0 Å². The van der Waals surface area contributed by atoms with Crippen molar-refractivity contribution in [2.24, 2.45) is 0 Å². The van der Waals surface area contributed by atoms with E-state index < -0.39 is 0 Å². The van der Waals surface area contributed by atoms with Gasteiger partial charge in [0.05, 0.1) is 39.7 Å². The summed E-state index contributed by atoms with van der Waals surface area (Å²) < 4.78 is 21.2. The molecule has 6 nitrogen and oxygen atoms in total. The number of carbonyl (C=O) groups is 1. The highest BCUT2D eigenvalue weighted by molar-refractivity contribution is 6.12. The number of aromatic amines is 1. The molecule has 0 saturated heterocycles. The first-order valence-electron chi connectivity index (χ1n) is 7.63. The Kier molecular flexibility index (Phi) is 4.52. The third kappa shape index (κ3) is 2.87. The van der Waals surface area contributed by atoms with E-state index in [1.807, 2.05) is 18.2 Å². The Morgan fingerprint density at radius 1 is 0.840 bits per heavy atom. The van der Waals surface area contributed by atoms with Gasteiger partial charge in [0.15, 0.2) is 11.5 Å². The van der Waals surface area contributed by atoms with E-state index >= 15 is 0 Å². The molecule has 0 bridgehead atoms. The number of aromatic nitrogens is 1. The molecule has 3 rings (SSSR count). The fraction of sp³-hybridized carbons (Fsp3) is 0.211. The number of H-pyrrole nitrogens is 1. The lowest BCUT2D eigenvalue weighted by molar-refractivity contribution is 0.103. The van der Waals surface area contributed by atoms with Crippen LogP contribution in [0.5, 0.6) is 23.0 Å². The van der Waals surface area contributed by atoms with Gasteiger partial charge in [0.25, 0.3) is 0 Å². The summed E-state index contributed by atoms with van der Waals surface area (Å²) in [7, 11) is 6.13. The Hall–Kier alpha value is -3.15. The fourth-order valence-corrected chi connectivity index (χ4v) is 2.79. The molecule has 0 aliphatic heterocycles. The third-order valence-corrected chi connectivity index (χ3v) is 4.02. The first kappa shape index (κ1) is 16.7. The van der Waals surface area contributed by atoms with Crippen molar-refractivity contribution in [2.45, 2.75) is 0 Å². The number of methoxy groups -OCH3 is 4. The summed E-state index contributed by atoms with van der Waals surface area (Å²) in [4.78, 5) is 16.1. The lowest BCUT2D eigenvalue weighted by Gasteiger charge is -2.14. The number of carbonyl (C=O) groups excluding carboxylic acids is 1. The average molecular weight is 341 g/mol. The van der Waals surface area contributed by atoms with Crippen molar-refractivity contribution in [1.82, 2.24) is 4.98 Å². The average Bonchev–Trinajstić information content (AvgIpc) is 3.08. The minimum absolute atomic E-state index is 0.201. The summed E-state index contributed by atoms with van der Waals surface area (Å²) in [5, 5.41) is 0.891. The number of hydrogen-bond donors (Lipinski definition) is 1. The van der Waals surface area contributed by atoms with Crippen molar-refractivity contribution in [1.29, 1.82) is 0 Å². The Morgan fingerprint density at radius 3 is 2.24 bits per heavy atom. The Bertz CT molecular complexity index is 929. The molecule has 1 heterocycles. The molecule has 0 amide bonds. The zero-order valence-corrected chi connectivity index (χ0v) is 14.5. The summed E-state index contributed by atoms with van der Waals surface area (Å²) >= 11 is 0. The van der Waals surface area contributed by atoms with E-state index in [0.29, 0.717) is 28.5 Å². The van der Waals surface area contributed by atoms with Gasteiger partial charge in [-0.2, -0.15) is 0 Å². The van der Waals surface area contributed by atoms with Gasteiger partial charge in [-0.25, -0.2) is 0 Å². The van der Waals surface area contributed by atoms with Gasteiger partial charge in [-0.3, -0.25) is 4.79 Å². The van der Waals surface area contributed by atoms with Crippen molar-refractivity contribution in [3.05, 3.63) is 47.7 Å². The number of ether oxygens (including phenoxy) is 4. The van der Waals surface area contributed by atoms with Gasteiger partial charge in [-0.05, 0) is 36.4 Å². The highest BCUT2D eigenvalue weighted by Gasteiger charge is 2.22. The SMILES string of the molecule is COc1ccc2[nH]c(C(=O)c3ccc(OC)c(OC)c3OC)cc2c1. The van der Waals surface area contributed by atoms with Crippen molar-refractivity contribution in [2.75, 3.05) is 28.4 Å². The smallest absolute Gasteiger partial charge is 0.213 e. The Balaban J connectivity index is 2.09. The second-order valence-electron chi connectivity index (χ2n) is 5.35. The third-order valence-electron chi connectivity index (χ3n) is 4.02. The summed E-state index contributed by atoms with van der Waals surface area (Å²) in [6.07, 6.45) is 0. The normalized spacial score (nSPS) is 10.6. The molecule has 3 aromatic rings. The Morgan fingerprint density at radius 2 is 1.60 bits per heavy atom. The van der Waals surface area contributed by atoms with Crippen molar-refractivity contribution in [3.63, 3.8) is 0 Å². The second-order valence-corrected chi connectivity index (χ2v) is 5.35. The zero-order chi connectivity index (χ0) is 18.0. The fourth-order valence-electron chi connectivity index (χ4n) is 2.79. The molecule has 0 radical (unpaired) electrons.